The molecule has 0 atom stereocenters. The number of hydrogen-bond donors (Lipinski definition) is 2. The number of hydrogen-bond acceptors (Lipinski definition) is 4. The van der Waals surface area contributed by atoms with E-state index in [1.165, 1.54) is 12.4 Å². The summed E-state index contributed by atoms with van der Waals surface area (Å²) in [6, 6.07) is 2.92. The molecule has 0 saturated heterocycles. The summed E-state index contributed by atoms with van der Waals surface area (Å²) >= 11 is 5.91. The van der Waals surface area contributed by atoms with Crippen molar-refractivity contribution in [3.63, 3.8) is 0 Å². The van der Waals surface area contributed by atoms with Crippen LogP contribution < -0.4 is 10.6 Å². The molecule has 0 radical (unpaired) electrons. The number of anilines is 2. The molecule has 134 valence electrons. The predicted molar refractivity (Wildman–Crippen MR) is 89.0 cm³/mol. The van der Waals surface area contributed by atoms with Crippen molar-refractivity contribution in [1.82, 2.24) is 15.3 Å². The molecule has 0 bridgehead atoms. The number of aromatic nitrogens is 2. The van der Waals surface area contributed by atoms with Crippen LogP contribution in [0.3, 0.4) is 0 Å². The van der Waals surface area contributed by atoms with E-state index in [1.807, 2.05) is 6.92 Å². The number of halogens is 4. The Bertz CT molecular complexity index is 735. The maximum Gasteiger partial charge on any atom is 0.416 e. The van der Waals surface area contributed by atoms with Crippen LogP contribution in [0.15, 0.2) is 30.6 Å². The molecule has 0 fully saturated rings. The number of alkyl halides is 3. The van der Waals surface area contributed by atoms with Crippen LogP contribution >= 0.6 is 11.6 Å². The number of nitrogens with one attached hydrogen (secondary N) is 2. The molecule has 1 aromatic carbocycles. The molecule has 0 spiro atoms. The molecule has 5 nitrogen and oxygen atoms in total. The van der Waals surface area contributed by atoms with Gasteiger partial charge in [0.05, 0.1) is 28.7 Å². The summed E-state index contributed by atoms with van der Waals surface area (Å²) in [6.45, 7) is 2.54. The zero-order chi connectivity index (χ0) is 18.4. The average molecular weight is 373 g/mol. The predicted octanol–water partition coefficient (Wildman–Crippen LogP) is 4.42. The van der Waals surface area contributed by atoms with Crippen LogP contribution in [-0.4, -0.2) is 22.4 Å². The summed E-state index contributed by atoms with van der Waals surface area (Å²) in [5.74, 6) is -0.184. The van der Waals surface area contributed by atoms with Gasteiger partial charge in [-0.2, -0.15) is 13.2 Å². The van der Waals surface area contributed by atoms with E-state index in [-0.39, 0.29) is 28.1 Å². The van der Waals surface area contributed by atoms with Crippen molar-refractivity contribution < 1.29 is 18.0 Å². The van der Waals surface area contributed by atoms with Crippen molar-refractivity contribution in [3.05, 3.63) is 46.9 Å². The highest BCUT2D eigenvalue weighted by molar-refractivity contribution is 6.33. The van der Waals surface area contributed by atoms with Crippen LogP contribution in [-0.2, 0) is 6.18 Å². The van der Waals surface area contributed by atoms with E-state index in [0.717, 1.165) is 31.0 Å². The summed E-state index contributed by atoms with van der Waals surface area (Å²) in [4.78, 5) is 19.8. The molecule has 0 aliphatic carbocycles. The first-order valence-corrected chi connectivity index (χ1v) is 7.93. The fourth-order valence-corrected chi connectivity index (χ4v) is 2.08. The fraction of sp³-hybridized carbons (Fsp3) is 0.312. The Labute approximate surface area is 147 Å². The minimum atomic E-state index is -4.48. The number of amides is 1. The van der Waals surface area contributed by atoms with Gasteiger partial charge in [0.1, 0.15) is 11.5 Å². The first kappa shape index (κ1) is 19.0. The molecule has 1 aromatic heterocycles. The van der Waals surface area contributed by atoms with Crippen molar-refractivity contribution >= 4 is 29.0 Å². The number of nitrogens with zero attached hydrogens (tertiary/aromatic N) is 2. The zero-order valence-corrected chi connectivity index (χ0v) is 14.1. The highest BCUT2D eigenvalue weighted by Crippen LogP contribution is 2.34. The topological polar surface area (TPSA) is 66.9 Å². The maximum atomic E-state index is 12.8. The minimum absolute atomic E-state index is 0.0472. The van der Waals surface area contributed by atoms with Crippen LogP contribution in [0.2, 0.25) is 5.02 Å². The van der Waals surface area contributed by atoms with Crippen LogP contribution in [0.4, 0.5) is 24.7 Å². The van der Waals surface area contributed by atoms with Gasteiger partial charge in [-0.15, -0.1) is 0 Å². The third-order valence-electron chi connectivity index (χ3n) is 3.26. The highest BCUT2D eigenvalue weighted by Gasteiger charge is 2.31. The van der Waals surface area contributed by atoms with Crippen molar-refractivity contribution in [1.29, 1.82) is 0 Å². The van der Waals surface area contributed by atoms with Crippen molar-refractivity contribution in [2.24, 2.45) is 0 Å². The van der Waals surface area contributed by atoms with Crippen molar-refractivity contribution in [3.8, 4) is 0 Å². The summed E-state index contributed by atoms with van der Waals surface area (Å²) in [5, 5.41) is 5.47. The van der Waals surface area contributed by atoms with Crippen LogP contribution in [0.1, 0.15) is 35.8 Å². The van der Waals surface area contributed by atoms with Gasteiger partial charge in [-0.3, -0.25) is 4.79 Å². The molecule has 0 aliphatic rings. The number of rotatable bonds is 6. The zero-order valence-electron chi connectivity index (χ0n) is 13.3. The van der Waals surface area contributed by atoms with Crippen LogP contribution in [0.5, 0.6) is 0 Å². The fourth-order valence-electron chi connectivity index (χ4n) is 1.91. The summed E-state index contributed by atoms with van der Waals surface area (Å²) in [7, 11) is 0. The van der Waals surface area contributed by atoms with E-state index >= 15 is 0 Å². The quantitative estimate of drug-likeness (QED) is 0.736. The maximum absolute atomic E-state index is 12.8. The van der Waals surface area contributed by atoms with Crippen molar-refractivity contribution in [2.45, 2.75) is 25.9 Å². The van der Waals surface area contributed by atoms with E-state index in [0.29, 0.717) is 6.54 Å². The Balaban J connectivity index is 2.10. The SMILES string of the molecule is CCCCNC(=O)c1cnc(Nc2cc(C(F)(F)F)ccc2Cl)cn1. The Kier molecular flexibility index (Phi) is 6.19. The molecular formula is C16H16ClF3N4O. The third kappa shape index (κ3) is 5.32. The molecule has 1 heterocycles. The molecule has 9 heteroatoms. The second kappa shape index (κ2) is 8.15. The van der Waals surface area contributed by atoms with Gasteiger partial charge in [0.2, 0.25) is 0 Å². The summed E-state index contributed by atoms with van der Waals surface area (Å²) in [6.07, 6.45) is -0.178. The molecule has 2 rings (SSSR count). The average Bonchev–Trinajstić information content (AvgIpc) is 2.56. The number of unbranched alkanes of at least 4 members (excludes halogenated alkanes) is 1. The first-order chi connectivity index (χ1) is 11.8. The van der Waals surface area contributed by atoms with Gasteiger partial charge < -0.3 is 10.6 Å². The number of carbonyl (C=O) groups excluding carboxylic acids is 1. The second-order valence-corrected chi connectivity index (χ2v) is 5.62. The second-order valence-electron chi connectivity index (χ2n) is 5.21. The first-order valence-electron chi connectivity index (χ1n) is 7.55. The molecule has 1 amide bonds. The Hall–Kier alpha value is -2.35. The lowest BCUT2D eigenvalue weighted by Gasteiger charge is -2.12. The minimum Gasteiger partial charge on any atom is -0.351 e. The van der Waals surface area contributed by atoms with Gasteiger partial charge in [0.25, 0.3) is 5.91 Å². The smallest absolute Gasteiger partial charge is 0.351 e. The Morgan fingerprint density at radius 1 is 1.24 bits per heavy atom. The van der Waals surface area contributed by atoms with Crippen molar-refractivity contribution in [2.75, 3.05) is 11.9 Å². The van der Waals surface area contributed by atoms with Gasteiger partial charge in [-0.1, -0.05) is 24.9 Å². The molecule has 0 unspecified atom stereocenters. The van der Waals surface area contributed by atoms with Crippen LogP contribution in [0, 0.1) is 0 Å². The largest absolute Gasteiger partial charge is 0.416 e. The van der Waals surface area contributed by atoms with E-state index in [9.17, 15) is 18.0 Å². The van der Waals surface area contributed by atoms with Gasteiger partial charge in [-0.25, -0.2) is 9.97 Å². The van der Waals surface area contributed by atoms with E-state index in [2.05, 4.69) is 20.6 Å². The van der Waals surface area contributed by atoms with Gasteiger partial charge in [0.15, 0.2) is 0 Å². The summed E-state index contributed by atoms with van der Waals surface area (Å²) in [5.41, 5.74) is -0.665. The molecule has 0 saturated carbocycles. The highest BCUT2D eigenvalue weighted by atomic mass is 35.5. The number of benzene rings is 1. The normalized spacial score (nSPS) is 11.2. The van der Waals surface area contributed by atoms with Gasteiger partial charge in [0, 0.05) is 6.54 Å². The van der Waals surface area contributed by atoms with E-state index < -0.39 is 11.7 Å². The Morgan fingerprint density at radius 3 is 2.60 bits per heavy atom. The third-order valence-corrected chi connectivity index (χ3v) is 3.59. The molecule has 25 heavy (non-hydrogen) atoms. The molecule has 2 aromatic rings. The number of carbonyl (C=O) groups is 1. The lowest BCUT2D eigenvalue weighted by molar-refractivity contribution is -0.137. The summed E-state index contributed by atoms with van der Waals surface area (Å²) < 4.78 is 38.3. The lowest BCUT2D eigenvalue weighted by atomic mass is 10.2. The lowest BCUT2D eigenvalue weighted by Crippen LogP contribution is -2.25. The van der Waals surface area contributed by atoms with E-state index in [4.69, 9.17) is 11.6 Å². The molecule has 2 N–H and O–H groups in total. The van der Waals surface area contributed by atoms with E-state index in [1.54, 1.807) is 0 Å². The standard InChI is InChI=1S/C16H16ClF3N4O/c1-2-3-6-21-15(25)13-8-23-14(9-22-13)24-12-7-10(16(18,19)20)4-5-11(12)17/h4-5,7-9H,2-3,6H2,1H3,(H,21,25)(H,23,24). The van der Waals surface area contributed by atoms with Gasteiger partial charge in [-0.05, 0) is 24.6 Å². The van der Waals surface area contributed by atoms with Gasteiger partial charge >= 0.3 is 6.18 Å². The molecular weight excluding hydrogens is 357 g/mol. The monoisotopic (exact) mass is 372 g/mol. The molecule has 0 aliphatic heterocycles. The van der Waals surface area contributed by atoms with Crippen LogP contribution in [0.25, 0.3) is 0 Å². The Morgan fingerprint density at radius 2 is 2.00 bits per heavy atom.